The molecule has 2 bridgehead atoms. The highest BCUT2D eigenvalue weighted by atomic mass is 79.9. The molecule has 43 heavy (non-hydrogen) atoms. The molecule has 4 aliphatic rings. The summed E-state index contributed by atoms with van der Waals surface area (Å²) < 4.78 is -0.662. The number of unbranched alkanes of at least 4 members (excludes halogenated alkanes) is 2. The smallest absolute Gasteiger partial charge is 0.247 e. The Balaban J connectivity index is 1.50. The van der Waals surface area contributed by atoms with Crippen molar-refractivity contribution in [3.63, 3.8) is 0 Å². The second kappa shape index (κ2) is 14.3. The molecule has 4 fully saturated rings. The normalized spacial score (nSPS) is 29.9. The number of likely N-dealkylation sites (tertiary alicyclic amines) is 1. The van der Waals surface area contributed by atoms with Crippen LogP contribution in [-0.2, 0) is 20.9 Å². The fourth-order valence-electron chi connectivity index (χ4n) is 8.01. The van der Waals surface area contributed by atoms with E-state index in [-0.39, 0.29) is 40.4 Å². The Bertz CT molecular complexity index is 1180. The summed E-state index contributed by atoms with van der Waals surface area (Å²) in [5.41, 5.74) is 1.03. The van der Waals surface area contributed by atoms with E-state index in [1.807, 2.05) is 45.0 Å². The van der Waals surface area contributed by atoms with E-state index in [2.05, 4.69) is 29.1 Å². The van der Waals surface area contributed by atoms with E-state index in [1.54, 1.807) is 23.9 Å². The van der Waals surface area contributed by atoms with Gasteiger partial charge in [-0.15, -0.1) is 24.9 Å². The number of halogens is 1. The van der Waals surface area contributed by atoms with Gasteiger partial charge in [-0.1, -0.05) is 77.7 Å². The molecule has 1 aliphatic carbocycles. The highest BCUT2D eigenvalue weighted by molar-refractivity contribution is 9.09. The minimum Gasteiger partial charge on any atom is -0.396 e. The maximum atomic E-state index is 14.8. The van der Waals surface area contributed by atoms with Gasteiger partial charge >= 0.3 is 0 Å². The van der Waals surface area contributed by atoms with Crippen LogP contribution in [0.4, 0.5) is 0 Å². The van der Waals surface area contributed by atoms with Crippen LogP contribution in [-0.4, -0.2) is 90.7 Å². The van der Waals surface area contributed by atoms with E-state index in [4.69, 9.17) is 0 Å². The van der Waals surface area contributed by atoms with Gasteiger partial charge in [0.1, 0.15) is 6.04 Å². The van der Waals surface area contributed by atoms with Crippen LogP contribution in [0.25, 0.3) is 0 Å². The molecule has 5 rings (SSSR count). The SMILES string of the molecule is C=CCN(Cc1ccccc1)C(=O)[C@H]1[C@@H]2SC3(CC2Br)C(C(=O)N(CC=C)C2CCCCC2)N(CCCCCO)C(=O)[C@H]13. The molecule has 1 aromatic carbocycles. The zero-order chi connectivity index (χ0) is 30.6. The van der Waals surface area contributed by atoms with Crippen molar-refractivity contribution in [3.05, 3.63) is 61.2 Å². The molecule has 6 atom stereocenters. The number of aliphatic hydroxyl groups excluding tert-OH is 1. The van der Waals surface area contributed by atoms with Gasteiger partial charge in [0.2, 0.25) is 17.7 Å². The summed E-state index contributed by atoms with van der Waals surface area (Å²) >= 11 is 5.62. The number of carbonyl (C=O) groups is 3. The van der Waals surface area contributed by atoms with Crippen molar-refractivity contribution in [2.75, 3.05) is 26.2 Å². The third-order valence-electron chi connectivity index (χ3n) is 9.87. The molecule has 0 radical (unpaired) electrons. The van der Waals surface area contributed by atoms with Crippen LogP contribution in [0.5, 0.6) is 0 Å². The predicted octanol–water partition coefficient (Wildman–Crippen LogP) is 5.18. The van der Waals surface area contributed by atoms with Crippen LogP contribution >= 0.6 is 27.7 Å². The van der Waals surface area contributed by atoms with Crippen molar-refractivity contribution >= 4 is 45.4 Å². The summed E-state index contributed by atoms with van der Waals surface area (Å²) in [4.78, 5) is 49.4. The number of amides is 3. The van der Waals surface area contributed by atoms with Crippen molar-refractivity contribution in [2.24, 2.45) is 11.8 Å². The standard InChI is InChI=1S/C34H46BrN3O4S/c1-3-18-36(23-24-14-8-5-9-15-24)31(40)27-28-32(41)38(20-12-7-13-21-39)30(34(28)22-26(35)29(27)43-34)33(42)37(19-4-2)25-16-10-6-11-17-25/h3-5,8-9,14-15,25-30,39H,1-2,6-7,10-13,16-23H2/t26?,27-,28+,29-,30?,34?/m1/s1. The number of aliphatic hydroxyl groups is 1. The van der Waals surface area contributed by atoms with Crippen molar-refractivity contribution in [2.45, 2.75) is 91.2 Å². The van der Waals surface area contributed by atoms with Gasteiger partial charge < -0.3 is 19.8 Å². The van der Waals surface area contributed by atoms with Gasteiger partial charge in [-0.25, -0.2) is 0 Å². The van der Waals surface area contributed by atoms with Gasteiger partial charge in [0.25, 0.3) is 0 Å². The summed E-state index contributed by atoms with van der Waals surface area (Å²) in [5.74, 6) is -1.14. The molecule has 3 amide bonds. The summed E-state index contributed by atoms with van der Waals surface area (Å²) in [6, 6.07) is 9.45. The Hall–Kier alpha value is -2.10. The summed E-state index contributed by atoms with van der Waals surface area (Å²) in [7, 11) is 0. The lowest BCUT2D eigenvalue weighted by Gasteiger charge is -2.41. The zero-order valence-electron chi connectivity index (χ0n) is 25.1. The largest absolute Gasteiger partial charge is 0.396 e. The topological polar surface area (TPSA) is 81.2 Å². The van der Waals surface area contributed by atoms with Crippen LogP contribution < -0.4 is 0 Å². The van der Waals surface area contributed by atoms with E-state index >= 15 is 0 Å². The fraction of sp³-hybridized carbons (Fsp3) is 0.618. The van der Waals surface area contributed by atoms with Crippen molar-refractivity contribution in [1.82, 2.24) is 14.7 Å². The lowest BCUT2D eigenvalue weighted by atomic mass is 9.70. The van der Waals surface area contributed by atoms with E-state index in [9.17, 15) is 19.5 Å². The molecule has 3 aliphatic heterocycles. The highest BCUT2D eigenvalue weighted by Crippen LogP contribution is 2.68. The molecule has 1 saturated carbocycles. The van der Waals surface area contributed by atoms with Crippen LogP contribution in [0.3, 0.4) is 0 Å². The van der Waals surface area contributed by atoms with Gasteiger partial charge in [0.15, 0.2) is 0 Å². The molecule has 1 spiro atoms. The van der Waals surface area contributed by atoms with Crippen LogP contribution in [0.15, 0.2) is 55.6 Å². The molecule has 0 aromatic heterocycles. The van der Waals surface area contributed by atoms with Crippen LogP contribution in [0.2, 0.25) is 0 Å². The highest BCUT2D eigenvalue weighted by Gasteiger charge is 2.76. The summed E-state index contributed by atoms with van der Waals surface area (Å²) in [6.07, 6.45) is 11.7. The van der Waals surface area contributed by atoms with Gasteiger partial charge in [0.05, 0.1) is 16.6 Å². The Morgan fingerprint density at radius 3 is 2.44 bits per heavy atom. The average molecular weight is 673 g/mol. The third-order valence-corrected chi connectivity index (χ3v) is 13.1. The Morgan fingerprint density at radius 2 is 1.77 bits per heavy atom. The van der Waals surface area contributed by atoms with Gasteiger partial charge in [0, 0.05) is 48.9 Å². The number of benzene rings is 1. The molecular weight excluding hydrogens is 626 g/mol. The van der Waals surface area contributed by atoms with Gasteiger partial charge in [-0.3, -0.25) is 14.4 Å². The minimum absolute atomic E-state index is 0.0120. The summed E-state index contributed by atoms with van der Waals surface area (Å²) in [6.45, 7) is 9.75. The Labute approximate surface area is 269 Å². The number of thioether (sulfide) groups is 1. The zero-order valence-corrected chi connectivity index (χ0v) is 27.5. The number of carbonyl (C=O) groups excluding carboxylic acids is 3. The molecule has 1 aromatic rings. The first kappa shape index (κ1) is 32.3. The molecule has 234 valence electrons. The lowest BCUT2D eigenvalue weighted by Crippen LogP contribution is -2.57. The molecular formula is C34H46BrN3O4S. The molecule has 1 N–H and O–H groups in total. The van der Waals surface area contributed by atoms with Gasteiger partial charge in [-0.2, -0.15) is 0 Å². The number of hydrogen-bond donors (Lipinski definition) is 1. The quantitative estimate of drug-likeness (QED) is 0.168. The lowest BCUT2D eigenvalue weighted by molar-refractivity contribution is -0.145. The number of rotatable bonds is 14. The second-order valence-corrected chi connectivity index (χ2v) is 15.3. The number of nitrogens with zero attached hydrogens (tertiary/aromatic N) is 3. The molecule has 3 heterocycles. The second-order valence-electron chi connectivity index (χ2n) is 12.5. The predicted molar refractivity (Wildman–Crippen MR) is 176 cm³/mol. The fourth-order valence-corrected chi connectivity index (χ4v) is 11.6. The van der Waals surface area contributed by atoms with E-state index < -0.39 is 22.6 Å². The molecule has 7 nitrogen and oxygen atoms in total. The first-order valence-corrected chi connectivity index (χ1v) is 17.8. The average Bonchev–Trinajstić information content (AvgIpc) is 3.61. The number of fused-ring (bicyclic) bond motifs is 1. The van der Waals surface area contributed by atoms with E-state index in [0.29, 0.717) is 45.4 Å². The molecule has 9 heteroatoms. The first-order valence-electron chi connectivity index (χ1n) is 16.0. The summed E-state index contributed by atoms with van der Waals surface area (Å²) in [5, 5.41) is 9.28. The van der Waals surface area contributed by atoms with E-state index in [1.165, 1.54) is 6.42 Å². The number of alkyl halides is 1. The Morgan fingerprint density at radius 1 is 1.05 bits per heavy atom. The minimum atomic E-state index is -0.662. The van der Waals surface area contributed by atoms with Crippen LogP contribution in [0, 0.1) is 11.8 Å². The van der Waals surface area contributed by atoms with Crippen molar-refractivity contribution < 1.29 is 19.5 Å². The Kier molecular flexibility index (Phi) is 10.8. The van der Waals surface area contributed by atoms with Crippen molar-refractivity contribution in [3.8, 4) is 0 Å². The third kappa shape index (κ3) is 6.23. The number of hydrogen-bond acceptors (Lipinski definition) is 5. The monoisotopic (exact) mass is 671 g/mol. The van der Waals surface area contributed by atoms with Gasteiger partial charge in [-0.05, 0) is 44.1 Å². The van der Waals surface area contributed by atoms with E-state index in [0.717, 1.165) is 37.7 Å². The maximum absolute atomic E-state index is 14.8. The van der Waals surface area contributed by atoms with Crippen molar-refractivity contribution in [1.29, 1.82) is 0 Å². The first-order chi connectivity index (χ1) is 20.9. The molecule has 3 saturated heterocycles. The molecule has 3 unspecified atom stereocenters. The maximum Gasteiger partial charge on any atom is 0.247 e. The van der Waals surface area contributed by atoms with Crippen LogP contribution in [0.1, 0.15) is 63.4 Å².